The van der Waals surface area contributed by atoms with E-state index in [4.69, 9.17) is 12.2 Å². The third-order valence-corrected chi connectivity index (χ3v) is 5.28. The van der Waals surface area contributed by atoms with Crippen LogP contribution in [-0.2, 0) is 11.2 Å². The van der Waals surface area contributed by atoms with Crippen LogP contribution in [-0.4, -0.2) is 15.3 Å². The zero-order valence-corrected chi connectivity index (χ0v) is 15.6. The number of anilines is 1. The van der Waals surface area contributed by atoms with Gasteiger partial charge in [-0.3, -0.25) is 9.69 Å². The van der Waals surface area contributed by atoms with Crippen LogP contribution in [0.3, 0.4) is 0 Å². The first-order chi connectivity index (χ1) is 12.1. The van der Waals surface area contributed by atoms with Crippen LogP contribution in [0, 0.1) is 0 Å². The molecule has 0 aromatic heterocycles. The highest BCUT2D eigenvalue weighted by molar-refractivity contribution is 8.27. The molecular formula is C20H19NO2S2. The van der Waals surface area contributed by atoms with Gasteiger partial charge in [0, 0.05) is 0 Å². The maximum absolute atomic E-state index is 12.7. The van der Waals surface area contributed by atoms with Gasteiger partial charge in [-0.05, 0) is 54.3 Å². The number of phenols is 1. The maximum atomic E-state index is 12.7. The van der Waals surface area contributed by atoms with Gasteiger partial charge in [-0.1, -0.05) is 61.6 Å². The molecule has 0 radical (unpaired) electrons. The third kappa shape index (κ3) is 4.11. The van der Waals surface area contributed by atoms with Crippen LogP contribution < -0.4 is 4.90 Å². The number of hydrogen-bond donors (Lipinski definition) is 1. The monoisotopic (exact) mass is 369 g/mol. The zero-order valence-electron chi connectivity index (χ0n) is 13.9. The topological polar surface area (TPSA) is 40.5 Å². The van der Waals surface area contributed by atoms with Crippen molar-refractivity contribution in [3.05, 3.63) is 64.6 Å². The molecule has 3 rings (SSSR count). The number of aryl methyl sites for hydroxylation is 1. The number of aromatic hydroxyl groups is 1. The highest BCUT2D eigenvalue weighted by Crippen LogP contribution is 2.36. The fourth-order valence-corrected chi connectivity index (χ4v) is 3.95. The van der Waals surface area contributed by atoms with Crippen molar-refractivity contribution in [2.45, 2.75) is 26.2 Å². The van der Waals surface area contributed by atoms with E-state index in [2.05, 4.69) is 19.1 Å². The summed E-state index contributed by atoms with van der Waals surface area (Å²) in [5, 5.41) is 9.57. The van der Waals surface area contributed by atoms with Crippen molar-refractivity contribution in [3.63, 3.8) is 0 Å². The van der Waals surface area contributed by atoms with Gasteiger partial charge in [0.15, 0.2) is 4.32 Å². The zero-order chi connectivity index (χ0) is 17.8. The van der Waals surface area contributed by atoms with Crippen LogP contribution >= 0.6 is 24.0 Å². The molecule has 2 aromatic carbocycles. The lowest BCUT2D eigenvalue weighted by atomic mass is 10.1. The minimum atomic E-state index is -0.125. The van der Waals surface area contributed by atoms with E-state index in [1.807, 2.05) is 18.2 Å². The van der Waals surface area contributed by atoms with Gasteiger partial charge < -0.3 is 5.11 Å². The van der Waals surface area contributed by atoms with E-state index < -0.39 is 0 Å². The molecule has 0 bridgehead atoms. The van der Waals surface area contributed by atoms with Gasteiger partial charge in [0.25, 0.3) is 5.91 Å². The predicted octanol–water partition coefficient (Wildman–Crippen LogP) is 5.14. The summed E-state index contributed by atoms with van der Waals surface area (Å²) >= 11 is 6.68. The van der Waals surface area contributed by atoms with Gasteiger partial charge >= 0.3 is 0 Å². The van der Waals surface area contributed by atoms with Crippen LogP contribution in [0.5, 0.6) is 5.75 Å². The van der Waals surface area contributed by atoms with Crippen LogP contribution in [0.25, 0.3) is 6.08 Å². The molecule has 0 unspecified atom stereocenters. The number of thioether (sulfide) groups is 1. The molecule has 0 aliphatic carbocycles. The van der Waals surface area contributed by atoms with Crippen LogP contribution in [0.1, 0.15) is 30.9 Å². The molecule has 0 spiro atoms. The molecular weight excluding hydrogens is 350 g/mol. The number of thiocarbonyl (C=S) groups is 1. The summed E-state index contributed by atoms with van der Waals surface area (Å²) in [7, 11) is 0. The SMILES string of the molecule is CCCCc1ccc(N2C(=O)C(=Cc3cccc(O)c3)SC2=S)cc1. The number of unbranched alkanes of at least 4 members (excludes halogenated alkanes) is 1. The van der Waals surface area contributed by atoms with Gasteiger partial charge in [0.1, 0.15) is 5.75 Å². The number of rotatable bonds is 5. The fraction of sp³-hybridized carbons (Fsp3) is 0.200. The van der Waals surface area contributed by atoms with Gasteiger partial charge in [0.2, 0.25) is 0 Å². The second kappa shape index (κ2) is 7.85. The summed E-state index contributed by atoms with van der Waals surface area (Å²) in [6, 6.07) is 14.8. The molecule has 128 valence electrons. The molecule has 3 nitrogen and oxygen atoms in total. The molecule has 1 saturated heterocycles. The molecule has 1 fully saturated rings. The molecule has 2 aromatic rings. The second-order valence-corrected chi connectivity index (χ2v) is 7.56. The van der Waals surface area contributed by atoms with Crippen molar-refractivity contribution in [3.8, 4) is 5.75 Å². The minimum absolute atomic E-state index is 0.125. The number of amides is 1. The summed E-state index contributed by atoms with van der Waals surface area (Å²) in [4.78, 5) is 14.9. The Morgan fingerprint density at radius 2 is 1.96 bits per heavy atom. The summed E-state index contributed by atoms with van der Waals surface area (Å²) in [6.07, 6.45) is 5.13. The Labute approximate surface area is 157 Å². The van der Waals surface area contributed by atoms with Gasteiger partial charge in [-0.15, -0.1) is 0 Å². The summed E-state index contributed by atoms with van der Waals surface area (Å²) in [6.45, 7) is 2.17. The van der Waals surface area contributed by atoms with Crippen molar-refractivity contribution < 1.29 is 9.90 Å². The molecule has 0 atom stereocenters. The third-order valence-electron chi connectivity index (χ3n) is 3.98. The lowest BCUT2D eigenvalue weighted by Crippen LogP contribution is -2.27. The second-order valence-electron chi connectivity index (χ2n) is 5.88. The molecule has 1 aliphatic heterocycles. The van der Waals surface area contributed by atoms with Gasteiger partial charge in [-0.25, -0.2) is 0 Å². The van der Waals surface area contributed by atoms with E-state index in [9.17, 15) is 9.90 Å². The highest BCUT2D eigenvalue weighted by atomic mass is 32.2. The van der Waals surface area contributed by atoms with E-state index >= 15 is 0 Å². The fourth-order valence-electron chi connectivity index (χ4n) is 2.65. The standard InChI is InChI=1S/C20H19NO2S2/c1-2-3-5-14-8-10-16(11-9-14)21-19(23)18(25-20(21)24)13-15-6-4-7-17(22)12-15/h4,6-13,22H,2-3,5H2,1H3. The summed E-state index contributed by atoms with van der Waals surface area (Å²) in [5.41, 5.74) is 2.84. The number of carbonyl (C=O) groups excluding carboxylic acids is 1. The first-order valence-electron chi connectivity index (χ1n) is 8.24. The Hall–Kier alpha value is -2.11. The first-order valence-corrected chi connectivity index (χ1v) is 9.47. The Bertz CT molecular complexity index is 828. The largest absolute Gasteiger partial charge is 0.508 e. The maximum Gasteiger partial charge on any atom is 0.270 e. The van der Waals surface area contributed by atoms with Crippen LogP contribution in [0.4, 0.5) is 5.69 Å². The minimum Gasteiger partial charge on any atom is -0.508 e. The Balaban J connectivity index is 1.81. The molecule has 1 amide bonds. The van der Waals surface area contributed by atoms with Crippen molar-refractivity contribution >= 4 is 46.0 Å². The molecule has 0 saturated carbocycles. The number of hydrogen-bond acceptors (Lipinski definition) is 4. The summed E-state index contributed by atoms with van der Waals surface area (Å²) < 4.78 is 0.526. The molecule has 5 heteroatoms. The number of benzene rings is 2. The summed E-state index contributed by atoms with van der Waals surface area (Å²) in [5.74, 6) is 0.0477. The van der Waals surface area contributed by atoms with E-state index in [-0.39, 0.29) is 11.7 Å². The molecule has 1 heterocycles. The Morgan fingerprint density at radius 1 is 1.20 bits per heavy atom. The lowest BCUT2D eigenvalue weighted by molar-refractivity contribution is -0.113. The average molecular weight is 370 g/mol. The van der Waals surface area contributed by atoms with E-state index in [0.29, 0.717) is 9.23 Å². The molecule has 1 N–H and O–H groups in total. The normalized spacial score (nSPS) is 16.0. The van der Waals surface area contributed by atoms with Crippen molar-refractivity contribution in [1.82, 2.24) is 0 Å². The number of nitrogens with zero attached hydrogens (tertiary/aromatic N) is 1. The highest BCUT2D eigenvalue weighted by Gasteiger charge is 2.33. The lowest BCUT2D eigenvalue weighted by Gasteiger charge is -2.15. The Morgan fingerprint density at radius 3 is 2.64 bits per heavy atom. The first kappa shape index (κ1) is 17.7. The molecule has 25 heavy (non-hydrogen) atoms. The quantitative estimate of drug-likeness (QED) is 0.585. The van der Waals surface area contributed by atoms with Gasteiger partial charge in [0.05, 0.1) is 10.6 Å². The Kier molecular flexibility index (Phi) is 5.56. The van der Waals surface area contributed by atoms with E-state index in [0.717, 1.165) is 30.5 Å². The van der Waals surface area contributed by atoms with E-state index in [1.54, 1.807) is 29.2 Å². The van der Waals surface area contributed by atoms with Crippen molar-refractivity contribution in [1.29, 1.82) is 0 Å². The predicted molar refractivity (Wildman–Crippen MR) is 109 cm³/mol. The van der Waals surface area contributed by atoms with Crippen LogP contribution in [0.2, 0.25) is 0 Å². The number of phenolic OH excluding ortho intramolecular Hbond substituents is 1. The molecule has 1 aliphatic rings. The van der Waals surface area contributed by atoms with Gasteiger partial charge in [-0.2, -0.15) is 0 Å². The smallest absolute Gasteiger partial charge is 0.270 e. The van der Waals surface area contributed by atoms with Crippen molar-refractivity contribution in [2.75, 3.05) is 4.90 Å². The van der Waals surface area contributed by atoms with Crippen molar-refractivity contribution in [2.24, 2.45) is 0 Å². The van der Waals surface area contributed by atoms with Crippen LogP contribution in [0.15, 0.2) is 53.4 Å². The number of carbonyl (C=O) groups is 1. The average Bonchev–Trinajstić information content (AvgIpc) is 2.87. The van der Waals surface area contributed by atoms with E-state index in [1.165, 1.54) is 17.3 Å².